The molecule has 2 atom stereocenters. The Balaban J connectivity index is 2.01. The lowest BCUT2D eigenvalue weighted by Gasteiger charge is -2.37. The van der Waals surface area contributed by atoms with Crippen molar-refractivity contribution < 1.29 is 9.47 Å². The zero-order chi connectivity index (χ0) is 12.6. The molecule has 0 aromatic rings. The van der Waals surface area contributed by atoms with Gasteiger partial charge in [0.2, 0.25) is 0 Å². The Morgan fingerprint density at radius 3 is 2.35 bits per heavy atom. The summed E-state index contributed by atoms with van der Waals surface area (Å²) >= 11 is 0. The van der Waals surface area contributed by atoms with Crippen LogP contribution in [0.4, 0.5) is 0 Å². The lowest BCUT2D eigenvalue weighted by molar-refractivity contribution is -0.283. The van der Waals surface area contributed by atoms with Crippen LogP contribution in [0.15, 0.2) is 0 Å². The van der Waals surface area contributed by atoms with E-state index in [1.165, 1.54) is 44.9 Å². The van der Waals surface area contributed by atoms with E-state index in [0.717, 1.165) is 19.4 Å². The van der Waals surface area contributed by atoms with Gasteiger partial charge in [-0.3, -0.25) is 0 Å². The summed E-state index contributed by atoms with van der Waals surface area (Å²) in [7, 11) is 0. The number of unbranched alkanes of at least 4 members (excludes halogenated alkanes) is 6. The van der Waals surface area contributed by atoms with E-state index in [1.807, 2.05) is 0 Å². The van der Waals surface area contributed by atoms with Crippen molar-refractivity contribution in [2.75, 3.05) is 6.61 Å². The Kier molecular flexibility index (Phi) is 7.14. The molecule has 0 unspecified atom stereocenters. The minimum atomic E-state index is -0.304. The van der Waals surface area contributed by atoms with Crippen molar-refractivity contribution in [1.29, 1.82) is 0 Å². The summed E-state index contributed by atoms with van der Waals surface area (Å²) < 4.78 is 11.7. The van der Waals surface area contributed by atoms with Gasteiger partial charge in [0, 0.05) is 6.42 Å². The van der Waals surface area contributed by atoms with Crippen LogP contribution < -0.4 is 0 Å². The SMILES string of the molecule is CCCCCCCCC[C@]1(C)OCC[C@@H](C)O1. The topological polar surface area (TPSA) is 18.5 Å². The average molecular weight is 242 g/mol. The number of hydrogen-bond acceptors (Lipinski definition) is 2. The van der Waals surface area contributed by atoms with Crippen molar-refractivity contribution in [1.82, 2.24) is 0 Å². The molecule has 1 rings (SSSR count). The molecule has 1 aliphatic heterocycles. The maximum Gasteiger partial charge on any atom is 0.165 e. The maximum absolute atomic E-state index is 5.90. The molecule has 17 heavy (non-hydrogen) atoms. The summed E-state index contributed by atoms with van der Waals surface area (Å²) in [5.74, 6) is -0.304. The van der Waals surface area contributed by atoms with Crippen LogP contribution in [0, 0.1) is 0 Å². The molecule has 1 saturated heterocycles. The van der Waals surface area contributed by atoms with Gasteiger partial charge in [-0.25, -0.2) is 0 Å². The van der Waals surface area contributed by atoms with Crippen LogP contribution in [0.25, 0.3) is 0 Å². The molecule has 0 spiro atoms. The maximum atomic E-state index is 5.90. The van der Waals surface area contributed by atoms with E-state index < -0.39 is 0 Å². The molecule has 0 amide bonds. The molecule has 1 heterocycles. The fourth-order valence-electron chi connectivity index (χ4n) is 2.49. The number of ether oxygens (including phenoxy) is 2. The lowest BCUT2D eigenvalue weighted by atomic mass is 10.0. The molecule has 2 heteroatoms. The second-order valence-corrected chi connectivity index (χ2v) is 5.57. The predicted octanol–water partition coefficient (Wildman–Crippen LogP) is 4.67. The summed E-state index contributed by atoms with van der Waals surface area (Å²) in [6.07, 6.45) is 11.9. The summed E-state index contributed by atoms with van der Waals surface area (Å²) in [6.45, 7) is 7.36. The molecule has 0 bridgehead atoms. The van der Waals surface area contributed by atoms with Crippen LogP contribution >= 0.6 is 0 Å². The molecular formula is C15H30O2. The molecule has 102 valence electrons. The van der Waals surface area contributed by atoms with E-state index >= 15 is 0 Å². The quantitative estimate of drug-likeness (QED) is 0.576. The third-order valence-corrected chi connectivity index (χ3v) is 3.62. The predicted molar refractivity (Wildman–Crippen MR) is 72.1 cm³/mol. The first kappa shape index (κ1) is 15.0. The molecular weight excluding hydrogens is 212 g/mol. The van der Waals surface area contributed by atoms with Gasteiger partial charge in [-0.15, -0.1) is 0 Å². The second kappa shape index (κ2) is 8.10. The van der Waals surface area contributed by atoms with Crippen molar-refractivity contribution in [3.63, 3.8) is 0 Å². The van der Waals surface area contributed by atoms with Gasteiger partial charge in [0.05, 0.1) is 12.7 Å². The highest BCUT2D eigenvalue weighted by atomic mass is 16.7. The Bertz CT molecular complexity index is 193. The molecule has 1 aliphatic rings. The molecule has 0 aliphatic carbocycles. The highest BCUT2D eigenvalue weighted by molar-refractivity contribution is 4.70. The van der Waals surface area contributed by atoms with Crippen molar-refractivity contribution >= 4 is 0 Å². The third kappa shape index (κ3) is 6.42. The standard InChI is InChI=1S/C15H30O2/c1-4-5-6-7-8-9-10-12-15(3)16-13-11-14(2)17-15/h14H,4-13H2,1-3H3/t14-,15-/m1/s1. The Hall–Kier alpha value is -0.0800. The van der Waals surface area contributed by atoms with Crippen LogP contribution in [0.5, 0.6) is 0 Å². The van der Waals surface area contributed by atoms with Crippen molar-refractivity contribution in [2.45, 2.75) is 90.4 Å². The van der Waals surface area contributed by atoms with Gasteiger partial charge in [0.15, 0.2) is 5.79 Å². The second-order valence-electron chi connectivity index (χ2n) is 5.57. The molecule has 0 aromatic heterocycles. The van der Waals surface area contributed by atoms with Crippen LogP contribution in [0.1, 0.15) is 78.6 Å². The first-order chi connectivity index (χ1) is 8.16. The van der Waals surface area contributed by atoms with Gasteiger partial charge >= 0.3 is 0 Å². The van der Waals surface area contributed by atoms with Crippen LogP contribution in [-0.2, 0) is 9.47 Å². The largest absolute Gasteiger partial charge is 0.350 e. The first-order valence-corrected chi connectivity index (χ1v) is 7.48. The molecule has 2 nitrogen and oxygen atoms in total. The van der Waals surface area contributed by atoms with Gasteiger partial charge < -0.3 is 9.47 Å². The van der Waals surface area contributed by atoms with Crippen LogP contribution in [0.3, 0.4) is 0 Å². The van der Waals surface area contributed by atoms with E-state index in [1.54, 1.807) is 0 Å². The van der Waals surface area contributed by atoms with Crippen molar-refractivity contribution in [2.24, 2.45) is 0 Å². The van der Waals surface area contributed by atoms with E-state index in [2.05, 4.69) is 20.8 Å². The lowest BCUT2D eigenvalue weighted by Crippen LogP contribution is -2.41. The van der Waals surface area contributed by atoms with Gasteiger partial charge in [-0.1, -0.05) is 45.4 Å². The van der Waals surface area contributed by atoms with Crippen LogP contribution in [0.2, 0.25) is 0 Å². The molecule has 0 aromatic carbocycles. The molecule has 0 saturated carbocycles. The Morgan fingerprint density at radius 2 is 1.71 bits per heavy atom. The zero-order valence-corrected chi connectivity index (χ0v) is 12.0. The average Bonchev–Trinajstić information content (AvgIpc) is 2.27. The summed E-state index contributed by atoms with van der Waals surface area (Å²) in [5.41, 5.74) is 0. The highest BCUT2D eigenvalue weighted by Crippen LogP contribution is 2.28. The van der Waals surface area contributed by atoms with E-state index in [9.17, 15) is 0 Å². The first-order valence-electron chi connectivity index (χ1n) is 7.48. The molecule has 0 N–H and O–H groups in total. The smallest absolute Gasteiger partial charge is 0.165 e. The van der Waals surface area contributed by atoms with Crippen LogP contribution in [-0.4, -0.2) is 18.5 Å². The number of hydrogen-bond donors (Lipinski definition) is 0. The molecule has 1 fully saturated rings. The molecule has 0 radical (unpaired) electrons. The summed E-state index contributed by atoms with van der Waals surface area (Å²) in [6, 6.07) is 0. The monoisotopic (exact) mass is 242 g/mol. The Morgan fingerprint density at radius 1 is 1.06 bits per heavy atom. The van der Waals surface area contributed by atoms with Gasteiger partial charge in [0.25, 0.3) is 0 Å². The number of rotatable bonds is 8. The highest BCUT2D eigenvalue weighted by Gasteiger charge is 2.31. The normalized spacial score (nSPS) is 29.5. The third-order valence-electron chi connectivity index (χ3n) is 3.62. The Labute approximate surface area is 107 Å². The van der Waals surface area contributed by atoms with Gasteiger partial charge in [-0.2, -0.15) is 0 Å². The van der Waals surface area contributed by atoms with E-state index in [4.69, 9.17) is 9.47 Å². The van der Waals surface area contributed by atoms with Gasteiger partial charge in [0.1, 0.15) is 0 Å². The van der Waals surface area contributed by atoms with Crippen molar-refractivity contribution in [3.8, 4) is 0 Å². The fraction of sp³-hybridized carbons (Fsp3) is 1.00. The van der Waals surface area contributed by atoms with Gasteiger partial charge in [-0.05, 0) is 26.7 Å². The zero-order valence-electron chi connectivity index (χ0n) is 12.0. The van der Waals surface area contributed by atoms with E-state index in [-0.39, 0.29) is 5.79 Å². The summed E-state index contributed by atoms with van der Waals surface area (Å²) in [4.78, 5) is 0. The summed E-state index contributed by atoms with van der Waals surface area (Å²) in [5, 5.41) is 0. The minimum Gasteiger partial charge on any atom is -0.350 e. The minimum absolute atomic E-state index is 0.304. The van der Waals surface area contributed by atoms with Crippen molar-refractivity contribution in [3.05, 3.63) is 0 Å². The van der Waals surface area contributed by atoms with E-state index in [0.29, 0.717) is 6.10 Å². The fourth-order valence-corrected chi connectivity index (χ4v) is 2.49.